The van der Waals surface area contributed by atoms with Gasteiger partial charge in [-0.25, -0.2) is 0 Å². The molecule has 0 spiro atoms. The highest BCUT2D eigenvalue weighted by molar-refractivity contribution is 7.10. The Kier molecular flexibility index (Phi) is 2.41. The lowest BCUT2D eigenvalue weighted by Crippen LogP contribution is -2.40. The Hall–Kier alpha value is -0.670. The van der Waals surface area contributed by atoms with Crippen LogP contribution in [0.15, 0.2) is 11.4 Å². The number of hydrogen-bond acceptors (Lipinski definition) is 3. The van der Waals surface area contributed by atoms with E-state index in [9.17, 15) is 4.79 Å². The maximum Gasteiger partial charge on any atom is 0.168 e. The third-order valence-corrected chi connectivity index (χ3v) is 5.16. The monoisotopic (exact) mass is 235 g/mol. The standard InChI is InChI=1S/C13H17NOS/c1-7-4-10(6-16-7)13(15)11-8-2-3-9(5-8)12(11)14/h4,6,8-9,11-12H,2-3,5,14H2,1H3. The van der Waals surface area contributed by atoms with Crippen LogP contribution in [-0.2, 0) is 0 Å². The predicted molar refractivity (Wildman–Crippen MR) is 65.7 cm³/mol. The molecule has 0 radical (unpaired) electrons. The zero-order valence-electron chi connectivity index (χ0n) is 9.48. The number of nitrogens with two attached hydrogens (primary N) is 1. The molecule has 16 heavy (non-hydrogen) atoms. The van der Waals surface area contributed by atoms with Crippen LogP contribution in [-0.4, -0.2) is 11.8 Å². The summed E-state index contributed by atoms with van der Waals surface area (Å²) < 4.78 is 0. The molecule has 2 N–H and O–H groups in total. The van der Waals surface area contributed by atoms with Gasteiger partial charge in [0.05, 0.1) is 0 Å². The van der Waals surface area contributed by atoms with Crippen LogP contribution in [0.1, 0.15) is 34.5 Å². The van der Waals surface area contributed by atoms with Crippen molar-refractivity contribution >= 4 is 17.1 Å². The van der Waals surface area contributed by atoms with E-state index in [1.54, 1.807) is 11.3 Å². The van der Waals surface area contributed by atoms with Crippen LogP contribution >= 0.6 is 11.3 Å². The maximum absolute atomic E-state index is 12.4. The summed E-state index contributed by atoms with van der Waals surface area (Å²) in [4.78, 5) is 13.6. The highest BCUT2D eigenvalue weighted by Crippen LogP contribution is 2.48. The first-order valence-corrected chi connectivity index (χ1v) is 6.89. The smallest absolute Gasteiger partial charge is 0.168 e. The molecule has 1 aromatic rings. The van der Waals surface area contributed by atoms with E-state index in [0.717, 1.165) is 5.56 Å². The minimum absolute atomic E-state index is 0.104. The molecule has 2 saturated carbocycles. The molecule has 2 fully saturated rings. The third-order valence-electron chi connectivity index (χ3n) is 4.30. The molecule has 2 aliphatic carbocycles. The fraction of sp³-hybridized carbons (Fsp3) is 0.615. The molecule has 2 bridgehead atoms. The van der Waals surface area contributed by atoms with Crippen LogP contribution in [0, 0.1) is 24.7 Å². The number of carbonyl (C=O) groups is 1. The summed E-state index contributed by atoms with van der Waals surface area (Å²) in [7, 11) is 0. The van der Waals surface area contributed by atoms with Crippen LogP contribution in [0.2, 0.25) is 0 Å². The Labute approximate surface area is 99.8 Å². The van der Waals surface area contributed by atoms with E-state index in [-0.39, 0.29) is 12.0 Å². The van der Waals surface area contributed by atoms with Gasteiger partial charge in [0.1, 0.15) is 0 Å². The molecule has 0 saturated heterocycles. The first-order valence-electron chi connectivity index (χ1n) is 6.01. The average Bonchev–Trinajstić information content (AvgIpc) is 2.92. The van der Waals surface area contributed by atoms with Crippen molar-refractivity contribution < 1.29 is 4.79 Å². The van der Waals surface area contributed by atoms with E-state index >= 15 is 0 Å². The fourth-order valence-corrected chi connectivity index (χ4v) is 4.18. The minimum atomic E-state index is 0.104. The van der Waals surface area contributed by atoms with Gasteiger partial charge in [-0.3, -0.25) is 4.79 Å². The topological polar surface area (TPSA) is 43.1 Å². The number of aryl methyl sites for hydroxylation is 1. The highest BCUT2D eigenvalue weighted by Gasteiger charge is 2.49. The lowest BCUT2D eigenvalue weighted by molar-refractivity contribution is 0.0856. The van der Waals surface area contributed by atoms with Crippen molar-refractivity contribution in [3.63, 3.8) is 0 Å². The summed E-state index contributed by atoms with van der Waals surface area (Å²) in [6, 6.07) is 2.12. The molecule has 86 valence electrons. The van der Waals surface area contributed by atoms with Crippen LogP contribution in [0.3, 0.4) is 0 Å². The second kappa shape index (κ2) is 3.67. The summed E-state index contributed by atoms with van der Waals surface area (Å²) in [5, 5.41) is 1.98. The molecule has 0 aliphatic heterocycles. The number of hydrogen-bond donors (Lipinski definition) is 1. The molecule has 3 heteroatoms. The molecule has 1 aromatic heterocycles. The number of fused-ring (bicyclic) bond motifs is 2. The van der Waals surface area contributed by atoms with Gasteiger partial charge in [0.15, 0.2) is 5.78 Å². The molecule has 0 amide bonds. The van der Waals surface area contributed by atoms with Crippen LogP contribution in [0.25, 0.3) is 0 Å². The zero-order valence-corrected chi connectivity index (χ0v) is 10.3. The predicted octanol–water partition coefficient (Wildman–Crippen LogP) is 2.61. The number of thiophene rings is 1. The van der Waals surface area contributed by atoms with Gasteiger partial charge < -0.3 is 5.73 Å². The molecule has 4 atom stereocenters. The average molecular weight is 235 g/mol. The normalized spacial score (nSPS) is 36.9. The third kappa shape index (κ3) is 1.45. The number of rotatable bonds is 2. The first-order chi connectivity index (χ1) is 7.66. The van der Waals surface area contributed by atoms with Crippen molar-refractivity contribution in [2.75, 3.05) is 0 Å². The molecule has 0 aromatic carbocycles. The van der Waals surface area contributed by atoms with Gasteiger partial charge in [-0.05, 0) is 44.1 Å². The van der Waals surface area contributed by atoms with E-state index in [2.05, 4.69) is 0 Å². The molecular formula is C13H17NOS. The van der Waals surface area contributed by atoms with Gasteiger partial charge in [0, 0.05) is 27.8 Å². The molecule has 2 aliphatic rings. The van der Waals surface area contributed by atoms with E-state index < -0.39 is 0 Å². The van der Waals surface area contributed by atoms with Crippen molar-refractivity contribution in [3.8, 4) is 0 Å². The van der Waals surface area contributed by atoms with E-state index in [4.69, 9.17) is 5.73 Å². The van der Waals surface area contributed by atoms with Crippen LogP contribution in [0.5, 0.6) is 0 Å². The molecular weight excluding hydrogens is 218 g/mol. The Morgan fingerprint density at radius 2 is 2.19 bits per heavy atom. The quantitative estimate of drug-likeness (QED) is 0.801. The summed E-state index contributed by atoms with van der Waals surface area (Å²) in [6.45, 7) is 2.04. The van der Waals surface area contributed by atoms with Gasteiger partial charge in [-0.1, -0.05) is 0 Å². The van der Waals surface area contributed by atoms with Crippen molar-refractivity contribution in [2.45, 2.75) is 32.2 Å². The molecule has 2 nitrogen and oxygen atoms in total. The molecule has 4 unspecified atom stereocenters. The van der Waals surface area contributed by atoms with Gasteiger partial charge in [-0.2, -0.15) is 0 Å². The van der Waals surface area contributed by atoms with Crippen molar-refractivity contribution in [2.24, 2.45) is 23.5 Å². The SMILES string of the molecule is Cc1cc(C(=O)C2C3CCC(C3)C2N)cs1. The Morgan fingerprint density at radius 3 is 2.75 bits per heavy atom. The van der Waals surface area contributed by atoms with Crippen LogP contribution < -0.4 is 5.73 Å². The number of Topliss-reactive ketones (excluding diaryl/α,β-unsaturated/α-hetero) is 1. The summed E-state index contributed by atoms with van der Waals surface area (Å²) in [5.74, 6) is 1.57. The van der Waals surface area contributed by atoms with Crippen molar-refractivity contribution in [1.29, 1.82) is 0 Å². The minimum Gasteiger partial charge on any atom is -0.327 e. The van der Waals surface area contributed by atoms with E-state index in [1.165, 1.54) is 24.1 Å². The van der Waals surface area contributed by atoms with Crippen LogP contribution in [0.4, 0.5) is 0 Å². The largest absolute Gasteiger partial charge is 0.327 e. The second-order valence-corrected chi connectivity index (χ2v) is 6.36. The van der Waals surface area contributed by atoms with E-state index in [0.29, 0.717) is 17.6 Å². The highest BCUT2D eigenvalue weighted by atomic mass is 32.1. The molecule has 3 rings (SSSR count). The lowest BCUT2D eigenvalue weighted by Gasteiger charge is -2.26. The second-order valence-electron chi connectivity index (χ2n) is 5.25. The Morgan fingerprint density at radius 1 is 1.44 bits per heavy atom. The number of ketones is 1. The Balaban J connectivity index is 1.86. The van der Waals surface area contributed by atoms with Crippen molar-refractivity contribution in [3.05, 3.63) is 21.9 Å². The number of carbonyl (C=O) groups excluding carboxylic acids is 1. The van der Waals surface area contributed by atoms with Gasteiger partial charge in [0.2, 0.25) is 0 Å². The van der Waals surface area contributed by atoms with E-state index in [1.807, 2.05) is 18.4 Å². The molecule has 1 heterocycles. The Bertz CT molecular complexity index is 423. The first kappa shape index (κ1) is 10.5. The fourth-order valence-electron chi connectivity index (χ4n) is 3.49. The maximum atomic E-state index is 12.4. The van der Waals surface area contributed by atoms with Gasteiger partial charge in [0.25, 0.3) is 0 Å². The summed E-state index contributed by atoms with van der Waals surface area (Å²) in [6.07, 6.45) is 3.62. The van der Waals surface area contributed by atoms with Crippen molar-refractivity contribution in [1.82, 2.24) is 0 Å². The summed E-state index contributed by atoms with van der Waals surface area (Å²) >= 11 is 1.65. The summed E-state index contributed by atoms with van der Waals surface area (Å²) in [5.41, 5.74) is 7.08. The van der Waals surface area contributed by atoms with Gasteiger partial charge >= 0.3 is 0 Å². The zero-order chi connectivity index (χ0) is 11.3. The lowest BCUT2D eigenvalue weighted by atomic mass is 9.80. The van der Waals surface area contributed by atoms with Gasteiger partial charge in [-0.15, -0.1) is 11.3 Å².